The van der Waals surface area contributed by atoms with Crippen molar-refractivity contribution in [1.82, 2.24) is 4.90 Å². The lowest BCUT2D eigenvalue weighted by Crippen LogP contribution is -2.41. The molecule has 1 aliphatic heterocycles. The van der Waals surface area contributed by atoms with Gasteiger partial charge in [-0.05, 0) is 38.5 Å². The summed E-state index contributed by atoms with van der Waals surface area (Å²) in [6.45, 7) is 6.34. The van der Waals surface area contributed by atoms with Crippen molar-refractivity contribution < 1.29 is 9.53 Å². The summed E-state index contributed by atoms with van der Waals surface area (Å²) in [7, 11) is 0. The summed E-state index contributed by atoms with van der Waals surface area (Å²) in [5.74, 6) is 0. The van der Waals surface area contributed by atoms with Crippen molar-refractivity contribution in [3.63, 3.8) is 0 Å². The van der Waals surface area contributed by atoms with Crippen molar-refractivity contribution >= 4 is 35.0 Å². The maximum atomic E-state index is 11.9. The number of amides is 1. The average molecular weight is 303 g/mol. The molecule has 0 saturated carbocycles. The number of carbonyl (C=O) groups excluding carboxylic acids is 1. The molecule has 1 amide bonds. The smallest absolute Gasteiger partial charge is 0.411 e. The number of benzene rings is 1. The van der Waals surface area contributed by atoms with Crippen molar-refractivity contribution in [1.29, 1.82) is 0 Å². The topological polar surface area (TPSA) is 55.6 Å². The van der Waals surface area contributed by atoms with Gasteiger partial charge < -0.3 is 10.5 Å². The predicted octanol–water partition coefficient (Wildman–Crippen LogP) is 3.87. The number of anilines is 1. The molecule has 1 heterocycles. The Morgan fingerprint density at radius 1 is 1.32 bits per heavy atom. The first kappa shape index (κ1) is 14.3. The molecule has 104 valence electrons. The van der Waals surface area contributed by atoms with E-state index in [9.17, 15) is 4.79 Å². The minimum atomic E-state index is -0.373. The molecule has 1 atom stereocenters. The number of nitrogen functional groups attached to an aromatic ring is 1. The average Bonchev–Trinajstić information content (AvgIpc) is 2.67. The Bertz CT molecular complexity index is 503. The van der Waals surface area contributed by atoms with Crippen LogP contribution in [0.15, 0.2) is 12.1 Å². The molecular weight excluding hydrogens is 287 g/mol. The normalized spacial score (nSPS) is 19.7. The molecule has 1 aliphatic rings. The molecule has 2 N–H and O–H groups in total. The van der Waals surface area contributed by atoms with Crippen LogP contribution < -0.4 is 5.73 Å². The van der Waals surface area contributed by atoms with E-state index in [0.29, 0.717) is 22.3 Å². The lowest BCUT2D eigenvalue weighted by molar-refractivity contribution is 0.120. The van der Waals surface area contributed by atoms with Crippen LogP contribution >= 0.6 is 23.2 Å². The monoisotopic (exact) mass is 302 g/mol. The zero-order valence-corrected chi connectivity index (χ0v) is 12.5. The Labute approximate surface area is 122 Å². The lowest BCUT2D eigenvalue weighted by atomic mass is 10.0. The molecule has 0 spiro atoms. The van der Waals surface area contributed by atoms with E-state index in [0.717, 1.165) is 5.56 Å². The van der Waals surface area contributed by atoms with Crippen LogP contribution in [0.25, 0.3) is 0 Å². The standard InChI is InChI=1S/C13H16Cl2N2O2/c1-13(2,3)17-6-10(19-12(17)18)7-4-8(14)11(16)9(15)5-7/h4-5,10H,6,16H2,1-3H3. The van der Waals surface area contributed by atoms with Gasteiger partial charge in [0.1, 0.15) is 6.10 Å². The van der Waals surface area contributed by atoms with E-state index in [4.69, 9.17) is 33.7 Å². The maximum Gasteiger partial charge on any atom is 0.411 e. The number of nitrogens with zero attached hydrogens (tertiary/aromatic N) is 1. The van der Waals surface area contributed by atoms with Crippen LogP contribution in [0.2, 0.25) is 10.0 Å². The van der Waals surface area contributed by atoms with Gasteiger partial charge in [0.2, 0.25) is 0 Å². The second-order valence-corrected chi connectivity index (χ2v) is 6.37. The SMILES string of the molecule is CC(C)(C)N1CC(c2cc(Cl)c(N)c(Cl)c2)OC1=O. The van der Waals surface area contributed by atoms with Crippen LogP contribution in [0.4, 0.5) is 10.5 Å². The molecule has 1 aromatic carbocycles. The molecule has 0 aliphatic carbocycles. The van der Waals surface area contributed by atoms with Crippen LogP contribution in [-0.2, 0) is 4.74 Å². The molecule has 6 heteroatoms. The fraction of sp³-hybridized carbons (Fsp3) is 0.462. The number of halogens is 2. The highest BCUT2D eigenvalue weighted by molar-refractivity contribution is 6.38. The van der Waals surface area contributed by atoms with Gasteiger partial charge in [0, 0.05) is 5.54 Å². The predicted molar refractivity (Wildman–Crippen MR) is 76.6 cm³/mol. The summed E-state index contributed by atoms with van der Waals surface area (Å²) in [6.07, 6.45) is -0.705. The van der Waals surface area contributed by atoms with Gasteiger partial charge in [0.25, 0.3) is 0 Å². The molecule has 4 nitrogen and oxygen atoms in total. The molecule has 1 fully saturated rings. The van der Waals surface area contributed by atoms with Crippen molar-refractivity contribution in [2.75, 3.05) is 12.3 Å². The van der Waals surface area contributed by atoms with Crippen LogP contribution in [0.1, 0.15) is 32.4 Å². The van der Waals surface area contributed by atoms with E-state index in [1.54, 1.807) is 17.0 Å². The number of hydrogen-bond acceptors (Lipinski definition) is 3. The molecular formula is C13H16Cl2N2O2. The van der Waals surface area contributed by atoms with E-state index in [2.05, 4.69) is 0 Å². The van der Waals surface area contributed by atoms with Gasteiger partial charge in [-0.2, -0.15) is 0 Å². The minimum absolute atomic E-state index is 0.284. The molecule has 0 aromatic heterocycles. The summed E-state index contributed by atoms with van der Waals surface area (Å²) in [5, 5.41) is 0.737. The van der Waals surface area contributed by atoms with E-state index in [1.807, 2.05) is 20.8 Å². The molecule has 0 bridgehead atoms. The van der Waals surface area contributed by atoms with E-state index in [1.165, 1.54) is 0 Å². The highest BCUT2D eigenvalue weighted by Crippen LogP contribution is 2.36. The first-order valence-electron chi connectivity index (χ1n) is 5.93. The lowest BCUT2D eigenvalue weighted by Gasteiger charge is -2.29. The number of carbonyl (C=O) groups is 1. The Balaban J connectivity index is 2.28. The quantitative estimate of drug-likeness (QED) is 0.801. The fourth-order valence-corrected chi connectivity index (χ4v) is 2.48. The molecule has 1 unspecified atom stereocenters. The molecule has 19 heavy (non-hydrogen) atoms. The number of rotatable bonds is 1. The van der Waals surface area contributed by atoms with Crippen LogP contribution in [0.3, 0.4) is 0 Å². The van der Waals surface area contributed by atoms with Crippen LogP contribution in [0, 0.1) is 0 Å². The summed E-state index contributed by atoms with van der Waals surface area (Å²) in [5.41, 5.74) is 6.50. The fourth-order valence-electron chi connectivity index (χ4n) is 1.97. The maximum absolute atomic E-state index is 11.9. The van der Waals surface area contributed by atoms with Gasteiger partial charge in [-0.1, -0.05) is 23.2 Å². The first-order chi connectivity index (χ1) is 8.70. The number of cyclic esters (lactones) is 1. The minimum Gasteiger partial charge on any atom is -0.439 e. The highest BCUT2D eigenvalue weighted by Gasteiger charge is 2.38. The highest BCUT2D eigenvalue weighted by atomic mass is 35.5. The third kappa shape index (κ3) is 2.74. The zero-order chi connectivity index (χ0) is 14.4. The van der Waals surface area contributed by atoms with Gasteiger partial charge >= 0.3 is 6.09 Å². The van der Waals surface area contributed by atoms with Crippen LogP contribution in [-0.4, -0.2) is 23.1 Å². The van der Waals surface area contributed by atoms with Gasteiger partial charge in [0.15, 0.2) is 0 Å². The summed E-state index contributed by atoms with van der Waals surface area (Å²) in [6, 6.07) is 3.37. The Kier molecular flexibility index (Phi) is 3.58. The molecule has 1 aromatic rings. The number of ether oxygens (including phenoxy) is 1. The van der Waals surface area contributed by atoms with E-state index >= 15 is 0 Å². The van der Waals surface area contributed by atoms with Crippen molar-refractivity contribution in [3.05, 3.63) is 27.7 Å². The van der Waals surface area contributed by atoms with Gasteiger partial charge in [-0.25, -0.2) is 4.79 Å². The van der Waals surface area contributed by atoms with Gasteiger partial charge in [-0.15, -0.1) is 0 Å². The van der Waals surface area contributed by atoms with Crippen LogP contribution in [0.5, 0.6) is 0 Å². The van der Waals surface area contributed by atoms with Crippen molar-refractivity contribution in [2.45, 2.75) is 32.4 Å². The second kappa shape index (κ2) is 4.76. The summed E-state index contributed by atoms with van der Waals surface area (Å²) >= 11 is 12.0. The summed E-state index contributed by atoms with van der Waals surface area (Å²) < 4.78 is 5.37. The number of hydrogen-bond donors (Lipinski definition) is 1. The van der Waals surface area contributed by atoms with Gasteiger partial charge in [0.05, 0.1) is 22.3 Å². The zero-order valence-electron chi connectivity index (χ0n) is 11.0. The Morgan fingerprint density at radius 2 is 1.84 bits per heavy atom. The van der Waals surface area contributed by atoms with Crippen molar-refractivity contribution in [3.8, 4) is 0 Å². The second-order valence-electron chi connectivity index (χ2n) is 5.55. The third-order valence-electron chi connectivity index (χ3n) is 3.09. The van der Waals surface area contributed by atoms with Gasteiger partial charge in [-0.3, -0.25) is 4.90 Å². The largest absolute Gasteiger partial charge is 0.439 e. The molecule has 0 radical (unpaired) electrons. The van der Waals surface area contributed by atoms with E-state index in [-0.39, 0.29) is 17.7 Å². The third-order valence-corrected chi connectivity index (χ3v) is 3.72. The Morgan fingerprint density at radius 3 is 2.26 bits per heavy atom. The molecule has 1 saturated heterocycles. The summed E-state index contributed by atoms with van der Waals surface area (Å²) in [4.78, 5) is 13.5. The Hall–Kier alpha value is -1.13. The molecule has 2 rings (SSSR count). The number of nitrogens with two attached hydrogens (primary N) is 1. The van der Waals surface area contributed by atoms with Crippen molar-refractivity contribution in [2.24, 2.45) is 0 Å². The first-order valence-corrected chi connectivity index (χ1v) is 6.68. The van der Waals surface area contributed by atoms with E-state index < -0.39 is 0 Å².